The fraction of sp³-hybridized carbons (Fsp3) is 0.0690. The molecule has 10 aromatic carbocycles. The first-order valence-corrected chi connectivity index (χ1v) is 21.4. The molecule has 0 aliphatic heterocycles. The van der Waals surface area contributed by atoms with E-state index in [-0.39, 0.29) is 22.5 Å². The van der Waals surface area contributed by atoms with Gasteiger partial charge in [-0.1, -0.05) is 72.8 Å². The molecule has 10 aromatic rings. The van der Waals surface area contributed by atoms with Crippen molar-refractivity contribution >= 4 is 66.4 Å². The Labute approximate surface area is 379 Å². The topological polar surface area (TPSA) is 54.1 Å². The molecular weight excluding hydrogens is 829 g/mol. The SMILES string of the molecule is Cc1ccc(-c2cc(F)c(N(c3ccc(C#N)cc3)c3ccc4ccc5c(N(c6ccc(C#N)cc6)c6cc(F)c(-c7ccc(C)c(C)c7)cc6F)ccc6ccc3c4c65)cc2F)cc1C. The number of rotatable bonds is 8. The summed E-state index contributed by atoms with van der Waals surface area (Å²) in [6, 6.07) is 48.9. The number of hydrogen-bond acceptors (Lipinski definition) is 4. The first-order valence-electron chi connectivity index (χ1n) is 21.4. The molecule has 0 N–H and O–H groups in total. The van der Waals surface area contributed by atoms with Crippen LogP contribution < -0.4 is 9.80 Å². The molecule has 0 spiro atoms. The quantitative estimate of drug-likeness (QED) is 0.113. The Morgan fingerprint density at radius 1 is 0.364 bits per heavy atom. The van der Waals surface area contributed by atoms with Crippen LogP contribution in [0.4, 0.5) is 51.7 Å². The third-order valence-electron chi connectivity index (χ3n) is 12.8. The van der Waals surface area contributed by atoms with Gasteiger partial charge in [0.2, 0.25) is 0 Å². The van der Waals surface area contributed by atoms with E-state index in [1.54, 1.807) is 70.5 Å². The molecule has 0 bridgehead atoms. The second kappa shape index (κ2) is 16.3. The van der Waals surface area contributed by atoms with Gasteiger partial charge in [-0.2, -0.15) is 10.5 Å². The molecule has 0 heterocycles. The number of anilines is 6. The van der Waals surface area contributed by atoms with Gasteiger partial charge in [-0.15, -0.1) is 0 Å². The molecule has 10 rings (SSSR count). The average molecular weight is 867 g/mol. The fourth-order valence-corrected chi connectivity index (χ4v) is 9.02. The van der Waals surface area contributed by atoms with Crippen LogP contribution in [0.2, 0.25) is 0 Å². The molecule has 0 fully saturated rings. The van der Waals surface area contributed by atoms with Crippen molar-refractivity contribution in [3.05, 3.63) is 214 Å². The van der Waals surface area contributed by atoms with Crippen molar-refractivity contribution in [3.63, 3.8) is 0 Å². The lowest BCUT2D eigenvalue weighted by Gasteiger charge is -2.30. The van der Waals surface area contributed by atoms with Crippen molar-refractivity contribution in [2.75, 3.05) is 9.80 Å². The number of aryl methyl sites for hydroxylation is 4. The van der Waals surface area contributed by atoms with Crippen molar-refractivity contribution in [1.29, 1.82) is 10.5 Å². The number of benzene rings is 10. The predicted molar refractivity (Wildman–Crippen MR) is 259 cm³/mol. The molecule has 0 aliphatic rings. The summed E-state index contributed by atoms with van der Waals surface area (Å²) >= 11 is 0. The second-order valence-electron chi connectivity index (χ2n) is 16.7. The minimum absolute atomic E-state index is 0.0331. The fourth-order valence-electron chi connectivity index (χ4n) is 9.02. The predicted octanol–water partition coefficient (Wildman–Crippen LogP) is 16.4. The van der Waals surface area contributed by atoms with E-state index in [0.717, 1.165) is 43.8 Å². The molecule has 66 heavy (non-hydrogen) atoms. The van der Waals surface area contributed by atoms with Gasteiger partial charge in [0.05, 0.1) is 46.0 Å². The Bertz CT molecular complexity index is 3420. The van der Waals surface area contributed by atoms with E-state index in [1.807, 2.05) is 100 Å². The Morgan fingerprint density at radius 3 is 1.11 bits per heavy atom. The summed E-state index contributed by atoms with van der Waals surface area (Å²) in [7, 11) is 0. The zero-order valence-corrected chi connectivity index (χ0v) is 36.3. The number of halogens is 4. The van der Waals surface area contributed by atoms with E-state index >= 15 is 17.6 Å². The normalized spacial score (nSPS) is 11.3. The Morgan fingerprint density at radius 2 is 0.742 bits per heavy atom. The van der Waals surface area contributed by atoms with E-state index in [0.29, 0.717) is 55.8 Å². The van der Waals surface area contributed by atoms with Crippen LogP contribution in [-0.2, 0) is 0 Å². The molecule has 0 saturated carbocycles. The van der Waals surface area contributed by atoms with Gasteiger partial charge in [-0.3, -0.25) is 0 Å². The zero-order chi connectivity index (χ0) is 46.0. The summed E-state index contributed by atoms with van der Waals surface area (Å²) in [6.07, 6.45) is 0. The molecule has 0 unspecified atom stereocenters. The lowest BCUT2D eigenvalue weighted by molar-refractivity contribution is 0.604. The van der Waals surface area contributed by atoms with Gasteiger partial charge >= 0.3 is 0 Å². The van der Waals surface area contributed by atoms with Gasteiger partial charge in [0.1, 0.15) is 23.3 Å². The maximum atomic E-state index is 16.8. The van der Waals surface area contributed by atoms with E-state index in [9.17, 15) is 10.5 Å². The maximum Gasteiger partial charge on any atom is 0.148 e. The van der Waals surface area contributed by atoms with E-state index in [1.165, 1.54) is 24.3 Å². The Balaban J connectivity index is 1.19. The first-order chi connectivity index (χ1) is 31.9. The van der Waals surface area contributed by atoms with Gasteiger partial charge in [0, 0.05) is 45.4 Å². The summed E-state index contributed by atoms with van der Waals surface area (Å²) in [5.41, 5.74) is 8.18. The molecule has 0 radical (unpaired) electrons. The Hall–Kier alpha value is -8.46. The molecule has 318 valence electrons. The molecule has 8 heteroatoms. The highest BCUT2D eigenvalue weighted by Gasteiger charge is 2.26. The van der Waals surface area contributed by atoms with Crippen LogP contribution >= 0.6 is 0 Å². The van der Waals surface area contributed by atoms with Crippen molar-refractivity contribution in [2.24, 2.45) is 0 Å². The van der Waals surface area contributed by atoms with Crippen LogP contribution in [0.3, 0.4) is 0 Å². The summed E-state index contributed by atoms with van der Waals surface area (Å²) in [5, 5.41) is 24.1. The van der Waals surface area contributed by atoms with Gasteiger partial charge in [-0.25, -0.2) is 17.6 Å². The first kappa shape index (κ1) is 41.5. The van der Waals surface area contributed by atoms with Crippen molar-refractivity contribution in [1.82, 2.24) is 0 Å². The monoisotopic (exact) mass is 866 g/mol. The summed E-state index contributed by atoms with van der Waals surface area (Å²) in [6.45, 7) is 7.78. The number of nitriles is 2. The number of hydrogen-bond donors (Lipinski definition) is 0. The minimum Gasteiger partial charge on any atom is -0.307 e. The van der Waals surface area contributed by atoms with Gasteiger partial charge < -0.3 is 9.80 Å². The third-order valence-corrected chi connectivity index (χ3v) is 12.8. The molecule has 4 nitrogen and oxygen atoms in total. The van der Waals surface area contributed by atoms with Crippen LogP contribution in [-0.4, -0.2) is 0 Å². The zero-order valence-electron chi connectivity index (χ0n) is 36.3. The van der Waals surface area contributed by atoms with Gasteiger partial charge in [0.15, 0.2) is 0 Å². The van der Waals surface area contributed by atoms with E-state index in [2.05, 4.69) is 12.1 Å². The summed E-state index contributed by atoms with van der Waals surface area (Å²) in [4.78, 5) is 3.32. The van der Waals surface area contributed by atoms with Crippen LogP contribution in [0.15, 0.2) is 158 Å². The van der Waals surface area contributed by atoms with Crippen molar-refractivity contribution in [3.8, 4) is 34.4 Å². The minimum atomic E-state index is -0.655. The molecule has 0 amide bonds. The standard InChI is InChI=1S/C58H38F4N4/c1-33-5-11-41(25-35(33)3)47-27-51(61)55(29-49(47)59)65(43-17-7-37(31-63)8-18-43)53-23-15-39-14-22-46-54(24-16-40-13-21-45(53)57(39)58(40)46)66(44-19-9-38(32-64)10-20-44)56-30-50(60)48(28-52(56)62)42-12-6-34(2)36(4)26-42/h5-30H,1-4H3. The molecule has 0 saturated heterocycles. The largest absolute Gasteiger partial charge is 0.307 e. The van der Waals surface area contributed by atoms with Crippen LogP contribution in [0.5, 0.6) is 0 Å². The molecule has 0 aromatic heterocycles. The highest BCUT2D eigenvalue weighted by Crippen LogP contribution is 2.49. The second-order valence-corrected chi connectivity index (χ2v) is 16.7. The van der Waals surface area contributed by atoms with Gasteiger partial charge in [0.25, 0.3) is 0 Å². The Kier molecular flexibility index (Phi) is 10.2. The highest BCUT2D eigenvalue weighted by molar-refractivity contribution is 6.28. The molecule has 0 atom stereocenters. The van der Waals surface area contributed by atoms with E-state index < -0.39 is 23.3 Å². The average Bonchev–Trinajstić information content (AvgIpc) is 3.33. The number of nitrogens with zero attached hydrogens (tertiary/aromatic N) is 4. The lowest BCUT2D eigenvalue weighted by Crippen LogP contribution is -2.14. The van der Waals surface area contributed by atoms with E-state index in [4.69, 9.17) is 0 Å². The van der Waals surface area contributed by atoms with Crippen LogP contribution in [0, 0.1) is 73.6 Å². The van der Waals surface area contributed by atoms with Crippen LogP contribution in [0.25, 0.3) is 54.6 Å². The summed E-state index contributed by atoms with van der Waals surface area (Å²) < 4.78 is 66.5. The molecular formula is C58H38F4N4. The highest BCUT2D eigenvalue weighted by atomic mass is 19.1. The van der Waals surface area contributed by atoms with Crippen molar-refractivity contribution in [2.45, 2.75) is 27.7 Å². The summed E-state index contributed by atoms with van der Waals surface area (Å²) in [5.74, 6) is -2.52. The third kappa shape index (κ3) is 7.01. The van der Waals surface area contributed by atoms with Gasteiger partial charge in [-0.05, 0) is 155 Å². The maximum absolute atomic E-state index is 16.8. The smallest absolute Gasteiger partial charge is 0.148 e. The van der Waals surface area contributed by atoms with Crippen LogP contribution in [0.1, 0.15) is 33.4 Å². The van der Waals surface area contributed by atoms with Crippen molar-refractivity contribution < 1.29 is 17.6 Å². The lowest BCUT2D eigenvalue weighted by atomic mass is 9.91. The molecule has 0 aliphatic carbocycles.